The molecule has 1 fully saturated rings. The van der Waals surface area contributed by atoms with Gasteiger partial charge in [-0.2, -0.15) is 4.31 Å². The Kier molecular flexibility index (Phi) is 6.30. The van der Waals surface area contributed by atoms with E-state index in [1.54, 1.807) is 17.0 Å². The minimum Gasteiger partial charge on any atom is -0.491 e. The fraction of sp³-hybridized carbons (Fsp3) is 0.350. The number of carbonyl (C=O) groups is 1. The lowest BCUT2D eigenvalue weighted by atomic mass is 10.0. The molecule has 2 amide bonds. The van der Waals surface area contributed by atoms with E-state index in [0.717, 1.165) is 5.56 Å². The first-order valence-corrected chi connectivity index (χ1v) is 11.9. The van der Waals surface area contributed by atoms with Crippen molar-refractivity contribution < 1.29 is 22.3 Å². The molecule has 0 aliphatic carbocycles. The van der Waals surface area contributed by atoms with Crippen LogP contribution < -0.4 is 10.1 Å². The second-order valence-electron chi connectivity index (χ2n) is 7.36. The predicted octanol–water partition coefficient (Wildman–Crippen LogP) is 3.15. The first-order chi connectivity index (χ1) is 14.8. The molecule has 11 heteroatoms. The van der Waals surface area contributed by atoms with Crippen LogP contribution in [0.5, 0.6) is 5.75 Å². The van der Waals surface area contributed by atoms with Gasteiger partial charge in [0, 0.05) is 32.2 Å². The van der Waals surface area contributed by atoms with Crippen LogP contribution in [0.4, 0.5) is 9.18 Å². The molecule has 0 radical (unpaired) electrons. The zero-order valence-corrected chi connectivity index (χ0v) is 18.7. The molecular formula is C20H20Cl2FN3O4S. The summed E-state index contributed by atoms with van der Waals surface area (Å²) in [5.74, 6) is 0.120. The molecular weight excluding hydrogens is 468 g/mol. The van der Waals surface area contributed by atoms with E-state index >= 15 is 0 Å². The standard InChI is InChI=1S/C20H20Cl2FN3O4S/c21-16-2-1-3-17(22)19(16)31(28,29)26-8-6-25(7-9-26)20(27)24-15-10-13-4-5-14(23)11-18(13)30-12-15/h1-5,11,15H,6-10,12H2,(H,24,27). The fourth-order valence-electron chi connectivity index (χ4n) is 3.69. The Morgan fingerprint density at radius 2 is 1.77 bits per heavy atom. The molecule has 1 atom stereocenters. The Balaban J connectivity index is 1.36. The average Bonchev–Trinajstić information content (AvgIpc) is 2.73. The molecule has 1 unspecified atom stereocenters. The number of urea groups is 1. The molecule has 0 saturated carbocycles. The first-order valence-electron chi connectivity index (χ1n) is 9.66. The number of nitrogens with one attached hydrogen (secondary N) is 1. The van der Waals surface area contributed by atoms with E-state index in [1.165, 1.54) is 28.6 Å². The lowest BCUT2D eigenvalue weighted by Gasteiger charge is -2.35. The third kappa shape index (κ3) is 4.59. The molecule has 2 aromatic rings. The minimum atomic E-state index is -3.88. The molecule has 0 aromatic heterocycles. The highest BCUT2D eigenvalue weighted by Crippen LogP contribution is 2.32. The van der Waals surface area contributed by atoms with E-state index < -0.39 is 10.0 Å². The lowest BCUT2D eigenvalue weighted by Crippen LogP contribution is -2.55. The number of piperazine rings is 1. The van der Waals surface area contributed by atoms with Crippen LogP contribution >= 0.6 is 23.2 Å². The fourth-order valence-corrected chi connectivity index (χ4v) is 6.21. The van der Waals surface area contributed by atoms with Gasteiger partial charge in [0.2, 0.25) is 10.0 Å². The monoisotopic (exact) mass is 487 g/mol. The van der Waals surface area contributed by atoms with Crippen molar-refractivity contribution in [3.05, 3.63) is 57.8 Å². The van der Waals surface area contributed by atoms with Gasteiger partial charge in [-0.25, -0.2) is 17.6 Å². The van der Waals surface area contributed by atoms with Crippen LogP contribution in [0, 0.1) is 5.82 Å². The Labute approximate surface area is 189 Å². The largest absolute Gasteiger partial charge is 0.491 e. The number of benzene rings is 2. The second-order valence-corrected chi connectivity index (χ2v) is 10.0. The van der Waals surface area contributed by atoms with E-state index in [4.69, 9.17) is 27.9 Å². The zero-order valence-electron chi connectivity index (χ0n) is 16.4. The van der Waals surface area contributed by atoms with Crippen LogP contribution in [-0.4, -0.2) is 62.5 Å². The van der Waals surface area contributed by atoms with E-state index in [9.17, 15) is 17.6 Å². The number of hydrogen-bond acceptors (Lipinski definition) is 4. The quantitative estimate of drug-likeness (QED) is 0.720. The molecule has 4 rings (SSSR count). The summed E-state index contributed by atoms with van der Waals surface area (Å²) in [4.78, 5) is 14.1. The maximum absolute atomic E-state index is 13.3. The molecule has 1 saturated heterocycles. The number of carbonyl (C=O) groups excluding carboxylic acids is 1. The van der Waals surface area contributed by atoms with Gasteiger partial charge in [0.25, 0.3) is 0 Å². The zero-order chi connectivity index (χ0) is 22.2. The molecule has 0 spiro atoms. The highest BCUT2D eigenvalue weighted by molar-refractivity contribution is 7.89. The van der Waals surface area contributed by atoms with Crippen LogP contribution in [0.15, 0.2) is 41.3 Å². The molecule has 2 aliphatic rings. The van der Waals surface area contributed by atoms with Gasteiger partial charge in [0.15, 0.2) is 0 Å². The molecule has 1 N–H and O–H groups in total. The number of halogens is 3. The first kappa shape index (κ1) is 22.1. The summed E-state index contributed by atoms with van der Waals surface area (Å²) in [5.41, 5.74) is 0.825. The molecule has 2 heterocycles. The van der Waals surface area contributed by atoms with Crippen molar-refractivity contribution in [1.82, 2.24) is 14.5 Å². The van der Waals surface area contributed by atoms with Crippen molar-refractivity contribution in [3.8, 4) is 5.75 Å². The molecule has 166 valence electrons. The number of rotatable bonds is 3. The van der Waals surface area contributed by atoms with Gasteiger partial charge in [0.05, 0.1) is 16.1 Å². The van der Waals surface area contributed by atoms with Gasteiger partial charge < -0.3 is 15.0 Å². The van der Waals surface area contributed by atoms with Crippen LogP contribution in [-0.2, 0) is 16.4 Å². The summed E-state index contributed by atoms with van der Waals surface area (Å²) in [7, 11) is -3.88. The smallest absolute Gasteiger partial charge is 0.317 e. The number of amides is 2. The summed E-state index contributed by atoms with van der Waals surface area (Å²) >= 11 is 12.1. The summed E-state index contributed by atoms with van der Waals surface area (Å²) < 4.78 is 46.0. The second kappa shape index (κ2) is 8.82. The topological polar surface area (TPSA) is 79.0 Å². The lowest BCUT2D eigenvalue weighted by molar-refractivity contribution is 0.160. The average molecular weight is 488 g/mol. The summed E-state index contributed by atoms with van der Waals surface area (Å²) in [6.07, 6.45) is 0.528. The number of sulfonamides is 1. The van der Waals surface area contributed by atoms with Gasteiger partial charge >= 0.3 is 6.03 Å². The number of hydrogen-bond donors (Lipinski definition) is 1. The predicted molar refractivity (Wildman–Crippen MR) is 115 cm³/mol. The van der Waals surface area contributed by atoms with E-state index in [2.05, 4.69) is 5.32 Å². The van der Waals surface area contributed by atoms with Gasteiger partial charge in [-0.3, -0.25) is 0 Å². The van der Waals surface area contributed by atoms with Gasteiger partial charge in [-0.05, 0) is 30.2 Å². The third-order valence-corrected chi connectivity index (χ3v) is 8.16. The summed E-state index contributed by atoms with van der Waals surface area (Å²) in [5, 5.41) is 3.03. The van der Waals surface area contributed by atoms with Gasteiger partial charge in [-0.1, -0.05) is 35.3 Å². The Morgan fingerprint density at radius 3 is 2.45 bits per heavy atom. The molecule has 31 heavy (non-hydrogen) atoms. The maximum Gasteiger partial charge on any atom is 0.317 e. The van der Waals surface area contributed by atoms with E-state index in [0.29, 0.717) is 12.2 Å². The normalized spacial score (nSPS) is 19.5. The van der Waals surface area contributed by atoms with Gasteiger partial charge in [0.1, 0.15) is 23.1 Å². The van der Waals surface area contributed by atoms with Crippen molar-refractivity contribution in [2.45, 2.75) is 17.4 Å². The number of ether oxygens (including phenoxy) is 1. The van der Waals surface area contributed by atoms with Crippen molar-refractivity contribution in [3.63, 3.8) is 0 Å². The Bertz CT molecular complexity index is 1090. The van der Waals surface area contributed by atoms with Crippen molar-refractivity contribution >= 4 is 39.3 Å². The minimum absolute atomic E-state index is 0.0603. The molecule has 7 nitrogen and oxygen atoms in total. The van der Waals surface area contributed by atoms with E-state index in [1.807, 2.05) is 0 Å². The highest BCUT2D eigenvalue weighted by Gasteiger charge is 2.33. The highest BCUT2D eigenvalue weighted by atomic mass is 35.5. The number of fused-ring (bicyclic) bond motifs is 1. The molecule has 2 aromatic carbocycles. The van der Waals surface area contributed by atoms with Crippen LogP contribution in [0.3, 0.4) is 0 Å². The summed E-state index contributed by atoms with van der Waals surface area (Å²) in [6, 6.07) is 8.31. The SMILES string of the molecule is O=C(NC1COc2cc(F)ccc2C1)N1CCN(S(=O)(=O)c2c(Cl)cccc2Cl)CC1. The van der Waals surface area contributed by atoms with E-state index in [-0.39, 0.29) is 65.6 Å². The van der Waals surface area contributed by atoms with Crippen LogP contribution in [0.1, 0.15) is 5.56 Å². The van der Waals surface area contributed by atoms with Crippen LogP contribution in [0.2, 0.25) is 10.0 Å². The summed E-state index contributed by atoms with van der Waals surface area (Å²) in [6.45, 7) is 0.938. The Hall–Kier alpha value is -2.07. The van der Waals surface area contributed by atoms with Crippen molar-refractivity contribution in [2.24, 2.45) is 0 Å². The van der Waals surface area contributed by atoms with Crippen molar-refractivity contribution in [2.75, 3.05) is 32.8 Å². The molecule has 2 aliphatic heterocycles. The van der Waals surface area contributed by atoms with Crippen molar-refractivity contribution in [1.29, 1.82) is 0 Å². The van der Waals surface area contributed by atoms with Gasteiger partial charge in [-0.15, -0.1) is 0 Å². The Morgan fingerprint density at radius 1 is 1.10 bits per heavy atom. The maximum atomic E-state index is 13.3. The molecule has 0 bridgehead atoms. The third-order valence-electron chi connectivity index (χ3n) is 5.31. The van der Waals surface area contributed by atoms with Crippen LogP contribution in [0.25, 0.3) is 0 Å². The number of nitrogens with zero attached hydrogens (tertiary/aromatic N) is 2.